The first kappa shape index (κ1) is 21.0. The topological polar surface area (TPSA) is 72.3 Å². The molecule has 7 nitrogen and oxygen atoms in total. The number of likely N-dealkylation sites (tertiary alicyclic amines) is 1. The standard InChI is InChI=1S/C26H27N5O2/c1-33-21-12-10-20(11-13-21)31-17-22(19-7-3-2-4-8-19)24-25(28-18-29-26(24)31)27-14-6-16-30-15-5-9-23(30)32/h2-4,7-8,10-13,17-18H,5-6,9,14-16H2,1H3,(H,27,28,29). The molecule has 1 amide bonds. The molecule has 1 aliphatic rings. The van der Waals surface area contributed by atoms with E-state index in [2.05, 4.69) is 38.2 Å². The summed E-state index contributed by atoms with van der Waals surface area (Å²) in [5.41, 5.74) is 4.01. The summed E-state index contributed by atoms with van der Waals surface area (Å²) in [6.07, 6.45) is 6.24. The van der Waals surface area contributed by atoms with Crippen molar-refractivity contribution in [1.82, 2.24) is 19.4 Å². The molecular formula is C26H27N5O2. The Morgan fingerprint density at radius 3 is 2.61 bits per heavy atom. The number of nitrogens with zero attached hydrogens (tertiary/aromatic N) is 4. The van der Waals surface area contributed by atoms with Crippen LogP contribution in [0.15, 0.2) is 67.1 Å². The van der Waals surface area contributed by atoms with Crippen LogP contribution in [0.25, 0.3) is 27.8 Å². The van der Waals surface area contributed by atoms with Crippen molar-refractivity contribution in [3.63, 3.8) is 0 Å². The van der Waals surface area contributed by atoms with E-state index in [-0.39, 0.29) is 5.91 Å². The third-order valence-electron chi connectivity index (χ3n) is 6.09. The highest BCUT2D eigenvalue weighted by atomic mass is 16.5. The minimum Gasteiger partial charge on any atom is -0.497 e. The molecule has 0 saturated carbocycles. The third kappa shape index (κ3) is 4.26. The molecule has 2 aromatic heterocycles. The van der Waals surface area contributed by atoms with E-state index in [1.54, 1.807) is 13.4 Å². The maximum atomic E-state index is 11.9. The molecule has 33 heavy (non-hydrogen) atoms. The van der Waals surface area contributed by atoms with Crippen molar-refractivity contribution in [1.29, 1.82) is 0 Å². The van der Waals surface area contributed by atoms with Crippen LogP contribution in [0.4, 0.5) is 5.82 Å². The lowest BCUT2D eigenvalue weighted by Crippen LogP contribution is -2.27. The van der Waals surface area contributed by atoms with Crippen molar-refractivity contribution in [3.8, 4) is 22.6 Å². The number of fused-ring (bicyclic) bond motifs is 1. The van der Waals surface area contributed by atoms with Crippen LogP contribution >= 0.6 is 0 Å². The number of aromatic nitrogens is 3. The minimum absolute atomic E-state index is 0.266. The fourth-order valence-corrected chi connectivity index (χ4v) is 4.39. The molecule has 0 spiro atoms. The number of carbonyl (C=O) groups excluding carboxylic acids is 1. The molecule has 1 aliphatic heterocycles. The average molecular weight is 442 g/mol. The summed E-state index contributed by atoms with van der Waals surface area (Å²) in [6.45, 7) is 2.38. The van der Waals surface area contributed by atoms with Crippen molar-refractivity contribution in [2.75, 3.05) is 32.1 Å². The van der Waals surface area contributed by atoms with Crippen molar-refractivity contribution >= 4 is 22.8 Å². The van der Waals surface area contributed by atoms with E-state index in [0.717, 1.165) is 71.9 Å². The van der Waals surface area contributed by atoms with Crippen LogP contribution in [0.2, 0.25) is 0 Å². The Kier molecular flexibility index (Phi) is 5.93. The number of nitrogens with one attached hydrogen (secondary N) is 1. The lowest BCUT2D eigenvalue weighted by atomic mass is 10.1. The summed E-state index contributed by atoms with van der Waals surface area (Å²) in [6, 6.07) is 18.2. The highest BCUT2D eigenvalue weighted by Gasteiger charge is 2.20. The van der Waals surface area contributed by atoms with Gasteiger partial charge in [0.1, 0.15) is 17.9 Å². The van der Waals surface area contributed by atoms with Gasteiger partial charge in [0.25, 0.3) is 0 Å². The van der Waals surface area contributed by atoms with Gasteiger partial charge in [-0.25, -0.2) is 9.97 Å². The summed E-state index contributed by atoms with van der Waals surface area (Å²) < 4.78 is 7.41. The largest absolute Gasteiger partial charge is 0.497 e. The summed E-state index contributed by atoms with van der Waals surface area (Å²) in [4.78, 5) is 23.0. The zero-order chi connectivity index (χ0) is 22.6. The van der Waals surface area contributed by atoms with Gasteiger partial charge in [0.2, 0.25) is 5.91 Å². The van der Waals surface area contributed by atoms with Crippen molar-refractivity contribution < 1.29 is 9.53 Å². The van der Waals surface area contributed by atoms with Gasteiger partial charge in [0.05, 0.1) is 12.5 Å². The fraction of sp³-hybridized carbons (Fsp3) is 0.269. The molecule has 3 heterocycles. The van der Waals surface area contributed by atoms with Gasteiger partial charge < -0.3 is 19.5 Å². The number of rotatable bonds is 8. The van der Waals surface area contributed by atoms with Crippen molar-refractivity contribution in [2.24, 2.45) is 0 Å². The number of methoxy groups -OCH3 is 1. The molecular weight excluding hydrogens is 414 g/mol. The minimum atomic E-state index is 0.266. The van der Waals surface area contributed by atoms with Crippen molar-refractivity contribution in [3.05, 3.63) is 67.1 Å². The molecule has 0 atom stereocenters. The Bertz CT molecular complexity index is 1250. The SMILES string of the molecule is COc1ccc(-n2cc(-c3ccccc3)c3c(NCCCN4CCCC4=O)ncnc32)cc1. The average Bonchev–Trinajstić information content (AvgIpc) is 3.46. The van der Waals surface area contributed by atoms with E-state index in [0.29, 0.717) is 6.42 Å². The number of ether oxygens (including phenoxy) is 1. The monoisotopic (exact) mass is 441 g/mol. The van der Waals surface area contributed by atoms with Crippen LogP contribution in [0.3, 0.4) is 0 Å². The molecule has 0 aliphatic carbocycles. The van der Waals surface area contributed by atoms with Gasteiger partial charge in [-0.05, 0) is 42.7 Å². The summed E-state index contributed by atoms with van der Waals surface area (Å²) in [5.74, 6) is 1.88. The van der Waals surface area contributed by atoms with Crippen LogP contribution in [0, 0.1) is 0 Å². The van der Waals surface area contributed by atoms with Gasteiger partial charge in [-0.3, -0.25) is 4.79 Å². The van der Waals surface area contributed by atoms with Gasteiger partial charge in [-0.15, -0.1) is 0 Å². The van der Waals surface area contributed by atoms with Gasteiger partial charge in [0, 0.05) is 43.5 Å². The molecule has 7 heteroatoms. The predicted octanol–water partition coefficient (Wildman–Crippen LogP) is 4.52. The maximum Gasteiger partial charge on any atom is 0.222 e. The zero-order valence-corrected chi connectivity index (χ0v) is 18.7. The van der Waals surface area contributed by atoms with Crippen LogP contribution in [0.5, 0.6) is 5.75 Å². The summed E-state index contributed by atoms with van der Waals surface area (Å²) in [7, 11) is 1.67. The van der Waals surface area contributed by atoms with Gasteiger partial charge in [-0.1, -0.05) is 30.3 Å². The predicted molar refractivity (Wildman–Crippen MR) is 130 cm³/mol. The number of carbonyl (C=O) groups is 1. The van der Waals surface area contributed by atoms with Gasteiger partial charge >= 0.3 is 0 Å². The first-order valence-corrected chi connectivity index (χ1v) is 11.3. The molecule has 1 fully saturated rings. The number of anilines is 1. The van der Waals surface area contributed by atoms with E-state index in [1.807, 2.05) is 47.4 Å². The van der Waals surface area contributed by atoms with E-state index in [1.165, 1.54) is 0 Å². The van der Waals surface area contributed by atoms with E-state index >= 15 is 0 Å². The fourth-order valence-electron chi connectivity index (χ4n) is 4.39. The third-order valence-corrected chi connectivity index (χ3v) is 6.09. The molecule has 0 radical (unpaired) electrons. The maximum absolute atomic E-state index is 11.9. The number of amides is 1. The zero-order valence-electron chi connectivity index (χ0n) is 18.7. The molecule has 1 saturated heterocycles. The van der Waals surface area contributed by atoms with Crippen LogP contribution in [0.1, 0.15) is 19.3 Å². The first-order chi connectivity index (χ1) is 16.2. The lowest BCUT2D eigenvalue weighted by molar-refractivity contribution is -0.127. The molecule has 4 aromatic rings. The number of hydrogen-bond acceptors (Lipinski definition) is 5. The molecule has 168 valence electrons. The number of hydrogen-bond donors (Lipinski definition) is 1. The Hall–Kier alpha value is -3.87. The first-order valence-electron chi connectivity index (χ1n) is 11.3. The molecule has 0 unspecified atom stereocenters. The van der Waals surface area contributed by atoms with Crippen molar-refractivity contribution in [2.45, 2.75) is 19.3 Å². The van der Waals surface area contributed by atoms with E-state index in [9.17, 15) is 4.79 Å². The van der Waals surface area contributed by atoms with E-state index in [4.69, 9.17) is 4.74 Å². The van der Waals surface area contributed by atoms with Crippen LogP contribution in [-0.2, 0) is 4.79 Å². The van der Waals surface area contributed by atoms with E-state index < -0.39 is 0 Å². The highest BCUT2D eigenvalue weighted by molar-refractivity contribution is 6.02. The normalized spacial score (nSPS) is 13.6. The Labute approximate surface area is 193 Å². The smallest absolute Gasteiger partial charge is 0.222 e. The van der Waals surface area contributed by atoms with Gasteiger partial charge in [0.15, 0.2) is 5.65 Å². The second-order valence-corrected chi connectivity index (χ2v) is 8.16. The summed E-state index contributed by atoms with van der Waals surface area (Å²) in [5, 5.41) is 4.48. The Balaban J connectivity index is 1.48. The van der Waals surface area contributed by atoms with Crippen LogP contribution < -0.4 is 10.1 Å². The Morgan fingerprint density at radius 1 is 1.06 bits per heavy atom. The molecule has 0 bridgehead atoms. The highest BCUT2D eigenvalue weighted by Crippen LogP contribution is 2.35. The number of benzene rings is 2. The lowest BCUT2D eigenvalue weighted by Gasteiger charge is -2.15. The second kappa shape index (κ2) is 9.32. The quantitative estimate of drug-likeness (QED) is 0.407. The van der Waals surface area contributed by atoms with Gasteiger partial charge in [-0.2, -0.15) is 0 Å². The Morgan fingerprint density at radius 2 is 1.88 bits per heavy atom. The molecule has 5 rings (SSSR count). The van der Waals surface area contributed by atoms with Crippen LogP contribution in [-0.4, -0.2) is 52.1 Å². The molecule has 2 aromatic carbocycles. The second-order valence-electron chi connectivity index (χ2n) is 8.16. The summed E-state index contributed by atoms with van der Waals surface area (Å²) >= 11 is 0. The molecule has 1 N–H and O–H groups in total.